The van der Waals surface area contributed by atoms with Crippen molar-refractivity contribution in [3.63, 3.8) is 0 Å². The number of hydrogen-bond acceptors (Lipinski definition) is 3. The van der Waals surface area contributed by atoms with Crippen LogP contribution in [0.4, 0.5) is 0 Å². The largest absolute Gasteiger partial charge is 0.388 e. The Balaban J connectivity index is 0.00000150. The highest BCUT2D eigenvalue weighted by atomic mass is 35.5. The summed E-state index contributed by atoms with van der Waals surface area (Å²) in [5, 5.41) is 11.3. The van der Waals surface area contributed by atoms with Crippen LogP contribution in [0.2, 0.25) is 0 Å². The zero-order valence-electron chi connectivity index (χ0n) is 16.1. The first-order valence-electron chi connectivity index (χ1n) is 10.7. The number of ether oxygens (including phenoxy) is 1. The van der Waals surface area contributed by atoms with Crippen molar-refractivity contribution in [1.29, 1.82) is 0 Å². The summed E-state index contributed by atoms with van der Waals surface area (Å²) < 4.78 is 6.48. The minimum atomic E-state index is -0.259. The SMILES string of the molecule is C=C1[C@@H]2CC[C@@H]3[C@@](CC[C@@H]4[C@@]5(C)CCC[C@]43[C@@H]3OCCN3C5)(C2)[C@H]1O.Cl. The smallest absolute Gasteiger partial charge is 0.117 e. The third kappa shape index (κ3) is 1.83. The molecule has 8 atom stereocenters. The molecule has 4 aliphatic carbocycles. The lowest BCUT2D eigenvalue weighted by Gasteiger charge is -2.70. The zero-order valence-corrected chi connectivity index (χ0v) is 16.9. The van der Waals surface area contributed by atoms with Crippen molar-refractivity contribution in [1.82, 2.24) is 4.90 Å². The Hall–Kier alpha value is -0.0900. The molecule has 4 bridgehead atoms. The van der Waals surface area contributed by atoms with Gasteiger partial charge in [-0.25, -0.2) is 0 Å². The number of hydrogen-bond donors (Lipinski definition) is 1. The fourth-order valence-corrected chi connectivity index (χ4v) is 9.31. The van der Waals surface area contributed by atoms with Gasteiger partial charge in [0.05, 0.1) is 12.7 Å². The summed E-state index contributed by atoms with van der Waals surface area (Å²) in [7, 11) is 0. The van der Waals surface area contributed by atoms with Crippen LogP contribution in [-0.2, 0) is 4.74 Å². The molecule has 0 amide bonds. The highest BCUT2D eigenvalue weighted by Gasteiger charge is 2.73. The van der Waals surface area contributed by atoms with Crippen molar-refractivity contribution in [2.45, 2.75) is 70.6 Å². The molecule has 3 nitrogen and oxygen atoms in total. The van der Waals surface area contributed by atoms with Crippen molar-refractivity contribution in [2.75, 3.05) is 19.7 Å². The van der Waals surface area contributed by atoms with E-state index >= 15 is 0 Å². The van der Waals surface area contributed by atoms with Crippen LogP contribution >= 0.6 is 12.4 Å². The molecule has 0 aromatic heterocycles. The Morgan fingerprint density at radius 3 is 2.85 bits per heavy atom. The third-order valence-corrected chi connectivity index (χ3v) is 9.95. The van der Waals surface area contributed by atoms with Crippen molar-refractivity contribution < 1.29 is 9.84 Å². The standard InChI is InChI=1S/C22H33NO2.ClH/c1-14-15-4-5-17-21(12-15,18(14)24)9-6-16-20(2)7-3-8-22(16,17)19-23(13-20)10-11-25-19;/h15-19,24H,1,3-13H2,2H3;1H/t15-,16-,17-,18+,19+,20+,21-,22+;/m1./s1. The summed E-state index contributed by atoms with van der Waals surface area (Å²) >= 11 is 0. The molecule has 0 aromatic carbocycles. The highest BCUT2D eigenvalue weighted by Crippen LogP contribution is 2.75. The topological polar surface area (TPSA) is 32.7 Å². The molecule has 2 aliphatic heterocycles. The van der Waals surface area contributed by atoms with E-state index in [-0.39, 0.29) is 29.3 Å². The van der Waals surface area contributed by atoms with Crippen molar-refractivity contribution in [3.05, 3.63) is 12.2 Å². The maximum Gasteiger partial charge on any atom is 0.117 e. The molecule has 146 valence electrons. The van der Waals surface area contributed by atoms with E-state index in [0.29, 0.717) is 23.5 Å². The number of piperidine rings is 1. The number of aliphatic hydroxyl groups is 1. The maximum absolute atomic E-state index is 11.3. The Morgan fingerprint density at radius 2 is 2.00 bits per heavy atom. The van der Waals surface area contributed by atoms with Crippen LogP contribution in [0.1, 0.15) is 58.3 Å². The predicted octanol–water partition coefficient (Wildman–Crippen LogP) is 4.00. The molecular weight excluding hydrogens is 346 g/mol. The van der Waals surface area contributed by atoms with Gasteiger partial charge in [-0.1, -0.05) is 19.9 Å². The third-order valence-electron chi connectivity index (χ3n) is 9.95. The molecule has 2 saturated heterocycles. The lowest BCUT2D eigenvalue weighted by Crippen LogP contribution is -2.71. The lowest BCUT2D eigenvalue weighted by atomic mass is 9.38. The van der Waals surface area contributed by atoms with E-state index in [1.807, 2.05) is 0 Å². The normalized spacial score (nSPS) is 57.8. The molecule has 26 heavy (non-hydrogen) atoms. The molecule has 0 unspecified atom stereocenters. The summed E-state index contributed by atoms with van der Waals surface area (Å²) in [5.41, 5.74) is 2.03. The molecular formula is C22H34ClNO2. The quantitative estimate of drug-likeness (QED) is 0.646. The minimum Gasteiger partial charge on any atom is -0.388 e. The van der Waals surface area contributed by atoms with Gasteiger partial charge in [0.2, 0.25) is 0 Å². The second-order valence-corrected chi connectivity index (χ2v) is 10.6. The number of rotatable bonds is 0. The molecule has 4 saturated carbocycles. The van der Waals surface area contributed by atoms with Crippen LogP contribution in [0.25, 0.3) is 0 Å². The van der Waals surface area contributed by atoms with E-state index in [4.69, 9.17) is 4.74 Å². The van der Waals surface area contributed by atoms with Gasteiger partial charge in [0.25, 0.3) is 0 Å². The van der Waals surface area contributed by atoms with Crippen molar-refractivity contribution in [2.24, 2.45) is 34.0 Å². The summed E-state index contributed by atoms with van der Waals surface area (Å²) in [4.78, 5) is 2.69. The first-order valence-corrected chi connectivity index (χ1v) is 10.7. The molecule has 1 spiro atoms. The van der Waals surface area contributed by atoms with E-state index in [2.05, 4.69) is 18.4 Å². The summed E-state index contributed by atoms with van der Waals surface area (Å²) in [5.74, 6) is 2.01. The second kappa shape index (κ2) is 5.49. The van der Waals surface area contributed by atoms with Crippen LogP contribution in [0.3, 0.4) is 0 Å². The number of aliphatic hydroxyl groups excluding tert-OH is 1. The van der Waals surface area contributed by atoms with Crippen LogP contribution < -0.4 is 0 Å². The van der Waals surface area contributed by atoms with E-state index in [1.165, 1.54) is 57.9 Å². The van der Waals surface area contributed by atoms with Gasteiger partial charge in [0.15, 0.2) is 0 Å². The Bertz CT molecular complexity index is 640. The van der Waals surface area contributed by atoms with Gasteiger partial charge >= 0.3 is 0 Å². The molecule has 4 heteroatoms. The van der Waals surface area contributed by atoms with Crippen LogP contribution in [0, 0.1) is 34.0 Å². The van der Waals surface area contributed by atoms with Crippen LogP contribution in [0.15, 0.2) is 12.2 Å². The van der Waals surface area contributed by atoms with E-state index < -0.39 is 0 Å². The van der Waals surface area contributed by atoms with Crippen molar-refractivity contribution in [3.8, 4) is 0 Å². The summed E-state index contributed by atoms with van der Waals surface area (Å²) in [6.45, 7) is 10.2. The fraction of sp³-hybridized carbons (Fsp3) is 0.909. The van der Waals surface area contributed by atoms with Gasteiger partial charge in [0.1, 0.15) is 6.23 Å². The van der Waals surface area contributed by atoms with Gasteiger partial charge < -0.3 is 9.84 Å². The van der Waals surface area contributed by atoms with Gasteiger partial charge in [-0.3, -0.25) is 4.90 Å². The number of fused-ring (bicyclic) bond motifs is 2. The van der Waals surface area contributed by atoms with E-state index in [0.717, 1.165) is 24.6 Å². The van der Waals surface area contributed by atoms with Crippen LogP contribution in [-0.4, -0.2) is 42.0 Å². The summed E-state index contributed by atoms with van der Waals surface area (Å²) in [6, 6.07) is 0. The molecule has 6 fully saturated rings. The van der Waals surface area contributed by atoms with Gasteiger partial charge in [-0.15, -0.1) is 12.4 Å². The Kier molecular flexibility index (Phi) is 3.80. The zero-order chi connectivity index (χ0) is 17.0. The molecule has 6 aliphatic rings. The molecule has 6 rings (SSSR count). The average Bonchev–Trinajstić information content (AvgIpc) is 3.12. The maximum atomic E-state index is 11.3. The molecule has 0 radical (unpaired) electrons. The van der Waals surface area contributed by atoms with Crippen molar-refractivity contribution >= 4 is 12.4 Å². The Labute approximate surface area is 163 Å². The van der Waals surface area contributed by atoms with Crippen LogP contribution in [0.5, 0.6) is 0 Å². The van der Waals surface area contributed by atoms with Gasteiger partial charge in [-0.05, 0) is 73.7 Å². The van der Waals surface area contributed by atoms with E-state index in [1.54, 1.807) is 0 Å². The number of halogens is 1. The first-order chi connectivity index (χ1) is 12.0. The molecule has 1 N–H and O–H groups in total. The average molecular weight is 380 g/mol. The second-order valence-electron chi connectivity index (χ2n) is 10.6. The summed E-state index contributed by atoms with van der Waals surface area (Å²) in [6.07, 6.45) is 10.4. The lowest BCUT2D eigenvalue weighted by molar-refractivity contribution is -0.276. The molecule has 2 heterocycles. The monoisotopic (exact) mass is 379 g/mol. The highest BCUT2D eigenvalue weighted by molar-refractivity contribution is 5.85. The molecule has 0 aromatic rings. The Morgan fingerprint density at radius 1 is 1.15 bits per heavy atom. The predicted molar refractivity (Wildman–Crippen MR) is 104 cm³/mol. The minimum absolute atomic E-state index is 0. The first kappa shape index (κ1) is 18.0. The number of nitrogens with zero attached hydrogens (tertiary/aromatic N) is 1. The fourth-order valence-electron chi connectivity index (χ4n) is 9.31. The van der Waals surface area contributed by atoms with Gasteiger partial charge in [-0.2, -0.15) is 0 Å². The van der Waals surface area contributed by atoms with E-state index in [9.17, 15) is 5.11 Å². The van der Waals surface area contributed by atoms with Gasteiger partial charge in [0, 0.05) is 23.9 Å².